The number of hydrogen-bond donors (Lipinski definition) is 2. The Morgan fingerprint density at radius 3 is 2.41 bits per heavy atom. The molecule has 2 aromatic carbocycles. The molecule has 1 atom stereocenters. The zero-order chi connectivity index (χ0) is 15.6. The van der Waals surface area contributed by atoms with Crippen molar-refractivity contribution >= 4 is 11.5 Å². The van der Waals surface area contributed by atoms with Crippen molar-refractivity contribution in [1.29, 1.82) is 0 Å². The molecule has 0 aromatic heterocycles. The van der Waals surface area contributed by atoms with Gasteiger partial charge in [0.15, 0.2) is 0 Å². The van der Waals surface area contributed by atoms with Crippen LogP contribution < -0.4 is 11.1 Å². The van der Waals surface area contributed by atoms with Crippen molar-refractivity contribution in [3.63, 3.8) is 0 Å². The molecule has 22 heavy (non-hydrogen) atoms. The Kier molecular flexibility index (Phi) is 6.45. The summed E-state index contributed by atoms with van der Waals surface area (Å²) < 4.78 is 5.76. The summed E-state index contributed by atoms with van der Waals surface area (Å²) in [4.78, 5) is 4.36. The summed E-state index contributed by atoms with van der Waals surface area (Å²) in [5, 5.41) is 3.23. The molecule has 1 unspecified atom stereocenters. The molecule has 4 heteroatoms. The monoisotopic (exact) mass is 297 g/mol. The van der Waals surface area contributed by atoms with E-state index < -0.39 is 0 Å². The number of aliphatic imine (C=N–C) groups is 1. The first kappa shape index (κ1) is 16.0. The van der Waals surface area contributed by atoms with Crippen LogP contribution in [0.2, 0.25) is 0 Å². The molecule has 2 rings (SSSR count). The van der Waals surface area contributed by atoms with Crippen molar-refractivity contribution in [2.24, 2.45) is 10.7 Å². The van der Waals surface area contributed by atoms with Gasteiger partial charge >= 0.3 is 0 Å². The Bertz CT molecular complexity index is 569. The molecule has 3 N–H and O–H groups in total. The lowest BCUT2D eigenvalue weighted by molar-refractivity contribution is 0.0593. The van der Waals surface area contributed by atoms with Crippen molar-refractivity contribution in [1.82, 2.24) is 0 Å². The molecule has 0 amide bonds. The van der Waals surface area contributed by atoms with Gasteiger partial charge in [0.05, 0.1) is 25.8 Å². The van der Waals surface area contributed by atoms with E-state index in [0.717, 1.165) is 11.3 Å². The van der Waals surface area contributed by atoms with Crippen molar-refractivity contribution in [2.75, 3.05) is 18.4 Å². The summed E-state index contributed by atoms with van der Waals surface area (Å²) in [6.45, 7) is 3.70. The van der Waals surface area contributed by atoms with Crippen LogP contribution in [0.4, 0.5) is 5.69 Å². The van der Waals surface area contributed by atoms with Crippen LogP contribution in [0.1, 0.15) is 12.5 Å². The predicted molar refractivity (Wildman–Crippen MR) is 92.1 cm³/mol. The summed E-state index contributed by atoms with van der Waals surface area (Å²) in [6.07, 6.45) is 0.0375. The molecule has 0 spiro atoms. The number of anilines is 1. The summed E-state index contributed by atoms with van der Waals surface area (Å²) in [6, 6.07) is 20.1. The van der Waals surface area contributed by atoms with E-state index >= 15 is 0 Å². The molecule has 0 radical (unpaired) electrons. The van der Waals surface area contributed by atoms with Gasteiger partial charge in [-0.15, -0.1) is 0 Å². The molecule has 116 valence electrons. The van der Waals surface area contributed by atoms with Gasteiger partial charge in [-0.05, 0) is 24.6 Å². The Morgan fingerprint density at radius 1 is 1.09 bits per heavy atom. The first-order valence-corrected chi connectivity index (χ1v) is 7.47. The lowest BCUT2D eigenvalue weighted by Gasteiger charge is -2.11. The van der Waals surface area contributed by atoms with Crippen molar-refractivity contribution in [3.8, 4) is 0 Å². The topological polar surface area (TPSA) is 59.6 Å². The zero-order valence-electron chi connectivity index (χ0n) is 12.9. The number of nitrogens with one attached hydrogen (secondary N) is 1. The van der Waals surface area contributed by atoms with E-state index in [1.165, 1.54) is 0 Å². The molecule has 0 aliphatic rings. The van der Waals surface area contributed by atoms with Crippen LogP contribution in [-0.4, -0.2) is 25.0 Å². The van der Waals surface area contributed by atoms with Crippen molar-refractivity contribution in [3.05, 3.63) is 66.2 Å². The van der Waals surface area contributed by atoms with Crippen LogP contribution in [0.25, 0.3) is 0 Å². The minimum Gasteiger partial charge on any atom is -0.386 e. The molecule has 0 heterocycles. The Balaban J connectivity index is 1.68. The summed E-state index contributed by atoms with van der Waals surface area (Å²) in [5.41, 5.74) is 8.11. The molecule has 0 saturated carbocycles. The molecule has 0 aliphatic heterocycles. The van der Waals surface area contributed by atoms with E-state index in [9.17, 15) is 0 Å². The van der Waals surface area contributed by atoms with Crippen LogP contribution in [0.5, 0.6) is 0 Å². The van der Waals surface area contributed by atoms with Crippen LogP contribution in [0, 0.1) is 0 Å². The summed E-state index contributed by atoms with van der Waals surface area (Å²) in [5.74, 6) is 0.582. The van der Waals surface area contributed by atoms with E-state index in [-0.39, 0.29) is 6.10 Å². The molecule has 2 aromatic rings. The number of para-hydroxylation sites is 1. The maximum atomic E-state index is 5.91. The van der Waals surface area contributed by atoms with Crippen molar-refractivity contribution in [2.45, 2.75) is 19.6 Å². The first-order chi connectivity index (χ1) is 10.7. The normalized spacial score (nSPS) is 12.9. The van der Waals surface area contributed by atoms with Crippen molar-refractivity contribution < 1.29 is 4.74 Å². The third kappa shape index (κ3) is 5.97. The molecule has 0 fully saturated rings. The number of rotatable bonds is 8. The first-order valence-electron chi connectivity index (χ1n) is 7.47. The van der Waals surface area contributed by atoms with E-state index in [1.54, 1.807) is 0 Å². The third-order valence-corrected chi connectivity index (χ3v) is 3.18. The maximum absolute atomic E-state index is 5.91. The Morgan fingerprint density at radius 2 is 1.73 bits per heavy atom. The molecular weight excluding hydrogens is 274 g/mol. The highest BCUT2D eigenvalue weighted by molar-refractivity contribution is 5.84. The fourth-order valence-corrected chi connectivity index (χ4v) is 1.92. The second-order valence-corrected chi connectivity index (χ2v) is 5.16. The third-order valence-electron chi connectivity index (χ3n) is 3.18. The SMILES string of the molecule is CC(CN=C(N)CNc1ccccc1)OCc1ccccc1. The molecule has 4 nitrogen and oxygen atoms in total. The number of amidine groups is 1. The highest BCUT2D eigenvalue weighted by atomic mass is 16.5. The number of nitrogens with zero attached hydrogens (tertiary/aromatic N) is 1. The van der Waals surface area contributed by atoms with E-state index in [4.69, 9.17) is 10.5 Å². The average molecular weight is 297 g/mol. The highest BCUT2D eigenvalue weighted by Crippen LogP contribution is 2.05. The van der Waals surface area contributed by atoms with Gasteiger partial charge in [0.25, 0.3) is 0 Å². The highest BCUT2D eigenvalue weighted by Gasteiger charge is 2.02. The van der Waals surface area contributed by atoms with Gasteiger partial charge in [-0.2, -0.15) is 0 Å². The molecule has 0 bridgehead atoms. The van der Waals surface area contributed by atoms with E-state index in [2.05, 4.69) is 10.3 Å². The zero-order valence-corrected chi connectivity index (χ0v) is 12.9. The number of benzene rings is 2. The van der Waals surface area contributed by atoms with Crippen LogP contribution in [0.15, 0.2) is 65.7 Å². The quantitative estimate of drug-likeness (QED) is 0.581. The minimum atomic E-state index is 0.0375. The second-order valence-electron chi connectivity index (χ2n) is 5.16. The molecular formula is C18H23N3O. The van der Waals surface area contributed by atoms with Gasteiger partial charge in [0.1, 0.15) is 5.84 Å². The van der Waals surface area contributed by atoms with E-state index in [0.29, 0.717) is 25.5 Å². The summed E-state index contributed by atoms with van der Waals surface area (Å²) in [7, 11) is 0. The average Bonchev–Trinajstić information content (AvgIpc) is 2.58. The minimum absolute atomic E-state index is 0.0375. The molecule has 0 saturated heterocycles. The van der Waals surface area contributed by atoms with Gasteiger partial charge in [-0.25, -0.2) is 0 Å². The number of ether oxygens (including phenoxy) is 1. The van der Waals surface area contributed by atoms with Gasteiger partial charge in [-0.3, -0.25) is 4.99 Å². The predicted octanol–water partition coefficient (Wildman–Crippen LogP) is 3.06. The fourth-order valence-electron chi connectivity index (χ4n) is 1.92. The lowest BCUT2D eigenvalue weighted by Crippen LogP contribution is -2.25. The van der Waals surface area contributed by atoms with Crippen LogP contribution in [-0.2, 0) is 11.3 Å². The van der Waals surface area contributed by atoms with Crippen LogP contribution >= 0.6 is 0 Å². The van der Waals surface area contributed by atoms with Gasteiger partial charge in [0, 0.05) is 5.69 Å². The Labute approximate surface area is 132 Å². The maximum Gasteiger partial charge on any atom is 0.113 e. The fraction of sp³-hybridized carbons (Fsp3) is 0.278. The Hall–Kier alpha value is -2.33. The van der Waals surface area contributed by atoms with Gasteiger partial charge in [0.2, 0.25) is 0 Å². The number of hydrogen-bond acceptors (Lipinski definition) is 3. The molecule has 0 aliphatic carbocycles. The second kappa shape index (κ2) is 8.85. The van der Waals surface area contributed by atoms with Gasteiger partial charge < -0.3 is 15.8 Å². The lowest BCUT2D eigenvalue weighted by atomic mass is 10.2. The van der Waals surface area contributed by atoms with Gasteiger partial charge in [-0.1, -0.05) is 48.5 Å². The number of nitrogens with two attached hydrogens (primary N) is 1. The van der Waals surface area contributed by atoms with Crippen LogP contribution in [0.3, 0.4) is 0 Å². The van der Waals surface area contributed by atoms with E-state index in [1.807, 2.05) is 67.6 Å². The standard InChI is InChI=1S/C18H23N3O/c1-15(22-14-16-8-4-2-5-9-16)12-21-18(19)13-20-17-10-6-3-7-11-17/h2-11,15,20H,12-14H2,1H3,(H2,19,21). The summed E-state index contributed by atoms with van der Waals surface area (Å²) >= 11 is 0. The largest absolute Gasteiger partial charge is 0.386 e. The smallest absolute Gasteiger partial charge is 0.113 e.